The molecule has 18 heavy (non-hydrogen) atoms. The van der Waals surface area contributed by atoms with E-state index in [1.807, 2.05) is 0 Å². The molecule has 0 saturated carbocycles. The molecule has 6 heteroatoms. The minimum atomic E-state index is -3.53. The molecule has 0 aliphatic heterocycles. The largest absolute Gasteiger partial charge is 0.497 e. The zero-order chi connectivity index (χ0) is 13.8. The highest BCUT2D eigenvalue weighted by Gasteiger charge is 2.11. The van der Waals surface area contributed by atoms with E-state index in [-0.39, 0.29) is 4.91 Å². The van der Waals surface area contributed by atoms with Gasteiger partial charge >= 0.3 is 0 Å². The Morgan fingerprint density at radius 3 is 2.06 bits per heavy atom. The fraction of sp³-hybridized carbons (Fsp3) is 0.250. The quantitative estimate of drug-likeness (QED) is 0.775. The van der Waals surface area contributed by atoms with Gasteiger partial charge in [-0.1, -0.05) is 0 Å². The summed E-state index contributed by atoms with van der Waals surface area (Å²) in [5, 5.41) is 8.82. The summed E-state index contributed by atoms with van der Waals surface area (Å²) in [6, 6.07) is 6.55. The third-order valence-corrected chi connectivity index (χ3v) is 3.19. The van der Waals surface area contributed by atoms with E-state index in [1.165, 1.54) is 20.3 Å². The number of benzene rings is 1. The number of methoxy groups -OCH3 is 2. The molecule has 5 nitrogen and oxygen atoms in total. The van der Waals surface area contributed by atoms with Crippen molar-refractivity contribution < 1.29 is 17.9 Å². The van der Waals surface area contributed by atoms with Crippen molar-refractivity contribution >= 4 is 15.9 Å². The van der Waals surface area contributed by atoms with Gasteiger partial charge in [-0.3, -0.25) is 0 Å². The van der Waals surface area contributed by atoms with Gasteiger partial charge in [-0.2, -0.15) is 5.26 Å². The van der Waals surface area contributed by atoms with Gasteiger partial charge in [0.2, 0.25) is 0 Å². The van der Waals surface area contributed by atoms with Gasteiger partial charge in [0, 0.05) is 12.3 Å². The van der Waals surface area contributed by atoms with E-state index < -0.39 is 9.84 Å². The molecule has 0 aromatic heterocycles. The average molecular weight is 267 g/mol. The van der Waals surface area contributed by atoms with Gasteiger partial charge in [0.25, 0.3) is 0 Å². The van der Waals surface area contributed by atoms with E-state index in [9.17, 15) is 8.42 Å². The average Bonchev–Trinajstić information content (AvgIpc) is 2.33. The fourth-order valence-electron chi connectivity index (χ4n) is 1.29. The van der Waals surface area contributed by atoms with Gasteiger partial charge in [0.1, 0.15) is 22.5 Å². The molecule has 0 spiro atoms. The molecule has 0 bridgehead atoms. The summed E-state index contributed by atoms with van der Waals surface area (Å²) >= 11 is 0. The smallest absolute Gasteiger partial charge is 0.185 e. The summed E-state index contributed by atoms with van der Waals surface area (Å²) in [6.45, 7) is 0. The van der Waals surface area contributed by atoms with Crippen LogP contribution in [0, 0.1) is 11.3 Å². The van der Waals surface area contributed by atoms with Crippen molar-refractivity contribution in [2.24, 2.45) is 0 Å². The Kier molecular flexibility index (Phi) is 4.34. The number of nitrogens with zero attached hydrogens (tertiary/aromatic N) is 1. The first-order chi connectivity index (χ1) is 8.40. The normalized spacial score (nSPS) is 11.8. The van der Waals surface area contributed by atoms with Crippen LogP contribution in [0.25, 0.3) is 6.08 Å². The van der Waals surface area contributed by atoms with Crippen molar-refractivity contribution in [1.82, 2.24) is 0 Å². The predicted octanol–water partition coefficient (Wildman–Crippen LogP) is 1.61. The number of hydrogen-bond acceptors (Lipinski definition) is 5. The summed E-state index contributed by atoms with van der Waals surface area (Å²) < 4.78 is 32.8. The molecule has 0 aliphatic rings. The molecule has 0 N–H and O–H groups in total. The second-order valence-corrected chi connectivity index (χ2v) is 5.52. The molecule has 0 radical (unpaired) electrons. The Labute approximate surface area is 106 Å². The van der Waals surface area contributed by atoms with E-state index in [4.69, 9.17) is 14.7 Å². The molecule has 0 atom stereocenters. The van der Waals surface area contributed by atoms with Crippen molar-refractivity contribution in [1.29, 1.82) is 5.26 Å². The highest BCUT2D eigenvalue weighted by molar-refractivity contribution is 7.95. The van der Waals surface area contributed by atoms with Crippen LogP contribution in [-0.2, 0) is 9.84 Å². The van der Waals surface area contributed by atoms with Crippen LogP contribution in [0.2, 0.25) is 0 Å². The Morgan fingerprint density at radius 1 is 1.22 bits per heavy atom. The lowest BCUT2D eigenvalue weighted by molar-refractivity contribution is 0.394. The maximum atomic E-state index is 11.3. The van der Waals surface area contributed by atoms with Crippen molar-refractivity contribution in [2.75, 3.05) is 20.5 Å². The van der Waals surface area contributed by atoms with E-state index >= 15 is 0 Å². The van der Waals surface area contributed by atoms with E-state index in [0.29, 0.717) is 17.1 Å². The van der Waals surface area contributed by atoms with Gasteiger partial charge in [0.15, 0.2) is 9.84 Å². The SMILES string of the molecule is COc1cc(/C=C(\C#N)S(C)(=O)=O)cc(OC)c1. The zero-order valence-corrected chi connectivity index (χ0v) is 11.1. The highest BCUT2D eigenvalue weighted by Crippen LogP contribution is 2.24. The van der Waals surface area contributed by atoms with Gasteiger partial charge in [-0.05, 0) is 23.8 Å². The van der Waals surface area contributed by atoms with Gasteiger partial charge in [0.05, 0.1) is 14.2 Å². The molecule has 0 heterocycles. The third-order valence-electron chi connectivity index (χ3n) is 2.18. The Balaban J connectivity index is 3.34. The topological polar surface area (TPSA) is 76.4 Å². The lowest BCUT2D eigenvalue weighted by Gasteiger charge is -2.06. The van der Waals surface area contributed by atoms with Crippen LogP contribution in [-0.4, -0.2) is 28.9 Å². The second kappa shape index (κ2) is 5.56. The van der Waals surface area contributed by atoms with Gasteiger partial charge < -0.3 is 9.47 Å². The lowest BCUT2D eigenvalue weighted by Crippen LogP contribution is -1.98. The minimum Gasteiger partial charge on any atom is -0.497 e. The molecule has 1 aromatic carbocycles. The molecule has 1 rings (SSSR count). The summed E-state index contributed by atoms with van der Waals surface area (Å²) in [5.41, 5.74) is 0.521. The van der Waals surface area contributed by atoms with Crippen molar-refractivity contribution in [3.63, 3.8) is 0 Å². The van der Waals surface area contributed by atoms with Crippen molar-refractivity contribution in [3.05, 3.63) is 28.7 Å². The van der Waals surface area contributed by atoms with Crippen LogP contribution in [0.3, 0.4) is 0 Å². The molecule has 96 valence electrons. The summed E-state index contributed by atoms with van der Waals surface area (Å²) in [7, 11) is -0.554. The zero-order valence-electron chi connectivity index (χ0n) is 10.3. The molecule has 0 amide bonds. The number of rotatable bonds is 4. The Bertz CT molecular complexity index is 589. The maximum Gasteiger partial charge on any atom is 0.185 e. The van der Waals surface area contributed by atoms with E-state index in [1.54, 1.807) is 24.3 Å². The van der Waals surface area contributed by atoms with Gasteiger partial charge in [-0.25, -0.2) is 8.42 Å². The molecular weight excluding hydrogens is 254 g/mol. The van der Waals surface area contributed by atoms with Crippen molar-refractivity contribution in [3.8, 4) is 17.6 Å². The van der Waals surface area contributed by atoms with E-state index in [0.717, 1.165) is 6.26 Å². The molecule has 1 aromatic rings. The maximum absolute atomic E-state index is 11.3. The first kappa shape index (κ1) is 14.1. The fourth-order valence-corrected chi connectivity index (χ4v) is 1.80. The third kappa shape index (κ3) is 3.50. The number of sulfone groups is 1. The van der Waals surface area contributed by atoms with Crippen LogP contribution >= 0.6 is 0 Å². The van der Waals surface area contributed by atoms with Crippen LogP contribution in [0.1, 0.15) is 5.56 Å². The number of ether oxygens (including phenoxy) is 2. The molecule has 0 saturated heterocycles. The van der Waals surface area contributed by atoms with Crippen LogP contribution in [0.15, 0.2) is 23.1 Å². The summed E-state index contributed by atoms with van der Waals surface area (Å²) in [5.74, 6) is 1.04. The lowest BCUT2D eigenvalue weighted by atomic mass is 10.2. The standard InChI is InChI=1S/C12H13NO4S/c1-16-10-4-9(5-11(7-10)17-2)6-12(8-13)18(3,14)15/h4-7H,1-3H3/b12-6+. The summed E-state index contributed by atoms with van der Waals surface area (Å²) in [6.07, 6.45) is 2.26. The van der Waals surface area contributed by atoms with Crippen molar-refractivity contribution in [2.45, 2.75) is 0 Å². The molecule has 0 aliphatic carbocycles. The molecular formula is C12H13NO4S. The predicted molar refractivity (Wildman–Crippen MR) is 68.0 cm³/mol. The van der Waals surface area contributed by atoms with Crippen LogP contribution in [0.5, 0.6) is 11.5 Å². The number of nitriles is 1. The Morgan fingerprint density at radius 2 is 1.72 bits per heavy atom. The first-order valence-corrected chi connectivity index (χ1v) is 6.84. The monoisotopic (exact) mass is 267 g/mol. The molecule has 0 unspecified atom stereocenters. The van der Waals surface area contributed by atoms with Crippen LogP contribution < -0.4 is 9.47 Å². The number of allylic oxidation sites excluding steroid dienone is 1. The number of hydrogen-bond donors (Lipinski definition) is 0. The summed E-state index contributed by atoms with van der Waals surface area (Å²) in [4.78, 5) is -0.308. The van der Waals surface area contributed by atoms with Gasteiger partial charge in [-0.15, -0.1) is 0 Å². The van der Waals surface area contributed by atoms with E-state index in [2.05, 4.69) is 0 Å². The highest BCUT2D eigenvalue weighted by atomic mass is 32.2. The van der Waals surface area contributed by atoms with Crippen LogP contribution in [0.4, 0.5) is 0 Å². The minimum absolute atomic E-state index is 0.308. The first-order valence-electron chi connectivity index (χ1n) is 4.95. The second-order valence-electron chi connectivity index (χ2n) is 3.54. The Hall–Kier alpha value is -2.00. The molecule has 0 fully saturated rings.